The Morgan fingerprint density at radius 3 is 2.48 bits per heavy atom. The minimum absolute atomic E-state index is 0.0538. The number of hydrogen-bond donors (Lipinski definition) is 3. The van der Waals surface area contributed by atoms with Crippen LogP contribution in [0.4, 0.5) is 23.7 Å². The molecule has 0 aromatic heterocycles. The van der Waals surface area contributed by atoms with Crippen molar-refractivity contribution in [3.05, 3.63) is 29.8 Å². The van der Waals surface area contributed by atoms with E-state index in [0.717, 1.165) is 11.0 Å². The molecule has 0 aliphatic carbocycles. The van der Waals surface area contributed by atoms with E-state index >= 15 is 0 Å². The SMILES string of the molecule is O=C(NC1CCN(c2ccccc2C(F)(F)F)C1=O)N1CC[C@@H](O)[C@@H](O)C1. The molecule has 0 spiro atoms. The lowest BCUT2D eigenvalue weighted by molar-refractivity contribution is -0.137. The minimum Gasteiger partial charge on any atom is -0.390 e. The molecule has 2 heterocycles. The first-order valence-electron chi connectivity index (χ1n) is 8.57. The Balaban J connectivity index is 1.68. The molecule has 27 heavy (non-hydrogen) atoms. The highest BCUT2D eigenvalue weighted by Crippen LogP contribution is 2.37. The fourth-order valence-corrected chi connectivity index (χ4v) is 3.35. The molecule has 148 valence electrons. The average Bonchev–Trinajstić information content (AvgIpc) is 2.97. The van der Waals surface area contributed by atoms with Crippen molar-refractivity contribution in [3.63, 3.8) is 0 Å². The van der Waals surface area contributed by atoms with E-state index in [4.69, 9.17) is 0 Å². The van der Waals surface area contributed by atoms with Crippen molar-refractivity contribution in [3.8, 4) is 0 Å². The standard InChI is InChI=1S/C17H20F3N3O4/c18-17(19,20)10-3-1-2-4-12(10)23-8-5-11(15(23)26)21-16(27)22-7-6-13(24)14(25)9-22/h1-4,11,13-14,24-25H,5-9H2,(H,21,27)/t11?,13-,14+/m1/s1. The van der Waals surface area contributed by atoms with Gasteiger partial charge < -0.3 is 25.3 Å². The summed E-state index contributed by atoms with van der Waals surface area (Å²) in [6.45, 7) is 0.193. The van der Waals surface area contributed by atoms with Crippen LogP contribution in [-0.4, -0.2) is 64.9 Å². The van der Waals surface area contributed by atoms with Gasteiger partial charge in [0.25, 0.3) is 0 Å². The zero-order valence-electron chi connectivity index (χ0n) is 14.3. The fourth-order valence-electron chi connectivity index (χ4n) is 3.35. The molecule has 1 aromatic carbocycles. The quantitative estimate of drug-likeness (QED) is 0.705. The molecule has 3 N–H and O–H groups in total. The zero-order valence-corrected chi connectivity index (χ0v) is 14.3. The molecular formula is C17H20F3N3O4. The maximum absolute atomic E-state index is 13.2. The minimum atomic E-state index is -4.59. The third-order valence-electron chi connectivity index (χ3n) is 4.84. The summed E-state index contributed by atoms with van der Waals surface area (Å²) < 4.78 is 39.6. The van der Waals surface area contributed by atoms with Gasteiger partial charge in [-0.1, -0.05) is 12.1 Å². The molecular weight excluding hydrogens is 367 g/mol. The van der Waals surface area contributed by atoms with E-state index in [1.807, 2.05) is 0 Å². The lowest BCUT2D eigenvalue weighted by Gasteiger charge is -2.33. The molecule has 0 bridgehead atoms. The number of β-amino-alcohol motifs (C(OH)–C–C–N with tert-alkyl or cyclic N) is 1. The molecule has 1 aromatic rings. The number of piperidine rings is 1. The molecule has 3 atom stereocenters. The van der Waals surface area contributed by atoms with Gasteiger partial charge in [-0.25, -0.2) is 4.79 Å². The Kier molecular flexibility index (Phi) is 5.29. The lowest BCUT2D eigenvalue weighted by Crippen LogP contribution is -2.54. The van der Waals surface area contributed by atoms with E-state index in [9.17, 15) is 33.0 Å². The topological polar surface area (TPSA) is 93.1 Å². The maximum atomic E-state index is 13.2. The van der Waals surface area contributed by atoms with Crippen molar-refractivity contribution in [2.75, 3.05) is 24.5 Å². The van der Waals surface area contributed by atoms with Gasteiger partial charge in [0.1, 0.15) is 6.04 Å². The van der Waals surface area contributed by atoms with E-state index in [0.29, 0.717) is 0 Å². The van der Waals surface area contributed by atoms with Crippen LogP contribution >= 0.6 is 0 Å². The second-order valence-corrected chi connectivity index (χ2v) is 6.66. The Labute approximate surface area is 153 Å². The highest BCUT2D eigenvalue weighted by molar-refractivity contribution is 6.01. The van der Waals surface area contributed by atoms with Gasteiger partial charge in [0.2, 0.25) is 5.91 Å². The van der Waals surface area contributed by atoms with Gasteiger partial charge >= 0.3 is 12.2 Å². The van der Waals surface area contributed by atoms with Gasteiger partial charge in [0, 0.05) is 13.1 Å². The summed E-state index contributed by atoms with van der Waals surface area (Å²) in [7, 11) is 0. The van der Waals surface area contributed by atoms with Crippen LogP contribution < -0.4 is 10.2 Å². The van der Waals surface area contributed by atoms with E-state index in [2.05, 4.69) is 5.32 Å². The number of anilines is 1. The van der Waals surface area contributed by atoms with Crippen molar-refractivity contribution in [1.82, 2.24) is 10.2 Å². The van der Waals surface area contributed by atoms with Gasteiger partial charge in [-0.2, -0.15) is 13.2 Å². The fraction of sp³-hybridized carbons (Fsp3) is 0.529. The number of nitrogens with zero attached hydrogens (tertiary/aromatic N) is 2. The summed E-state index contributed by atoms with van der Waals surface area (Å²) in [5, 5.41) is 21.7. The van der Waals surface area contributed by atoms with Gasteiger partial charge in [-0.05, 0) is 25.0 Å². The van der Waals surface area contributed by atoms with Crippen LogP contribution in [0.15, 0.2) is 24.3 Å². The smallest absolute Gasteiger partial charge is 0.390 e. The number of likely N-dealkylation sites (tertiary alicyclic amines) is 1. The Morgan fingerprint density at radius 2 is 1.81 bits per heavy atom. The Bertz CT molecular complexity index is 728. The van der Waals surface area contributed by atoms with Crippen molar-refractivity contribution >= 4 is 17.6 Å². The van der Waals surface area contributed by atoms with Crippen molar-refractivity contribution < 1.29 is 33.0 Å². The number of benzene rings is 1. The number of aliphatic hydroxyl groups excluding tert-OH is 2. The number of alkyl halides is 3. The van der Waals surface area contributed by atoms with Gasteiger partial charge in [0.15, 0.2) is 0 Å². The van der Waals surface area contributed by atoms with E-state index in [1.165, 1.54) is 23.1 Å². The number of nitrogens with one attached hydrogen (secondary N) is 1. The zero-order chi connectivity index (χ0) is 19.8. The molecule has 2 aliphatic heterocycles. The molecule has 3 rings (SSSR count). The first-order chi connectivity index (χ1) is 12.7. The molecule has 0 saturated carbocycles. The summed E-state index contributed by atoms with van der Waals surface area (Å²) in [5.74, 6) is -0.613. The number of carbonyl (C=O) groups excluding carboxylic acids is 2. The van der Waals surface area contributed by atoms with Gasteiger partial charge in [0.05, 0.1) is 30.0 Å². The van der Waals surface area contributed by atoms with E-state index in [1.54, 1.807) is 0 Å². The number of carbonyl (C=O) groups is 2. The monoisotopic (exact) mass is 387 g/mol. The van der Waals surface area contributed by atoms with Gasteiger partial charge in [-0.15, -0.1) is 0 Å². The number of halogens is 3. The summed E-state index contributed by atoms with van der Waals surface area (Å²) in [5.41, 5.74) is -1.14. The van der Waals surface area contributed by atoms with Crippen molar-refractivity contribution in [2.24, 2.45) is 0 Å². The summed E-state index contributed by atoms with van der Waals surface area (Å²) in [6, 6.07) is 3.28. The highest BCUT2D eigenvalue weighted by atomic mass is 19.4. The third kappa shape index (κ3) is 4.01. The van der Waals surface area contributed by atoms with Crippen LogP contribution in [0.3, 0.4) is 0 Å². The van der Waals surface area contributed by atoms with Crippen LogP contribution in [0.25, 0.3) is 0 Å². The Hall–Kier alpha value is -2.33. The van der Waals surface area contributed by atoms with E-state index in [-0.39, 0.29) is 38.2 Å². The number of urea groups is 1. The van der Waals surface area contributed by atoms with E-state index < -0.39 is 41.9 Å². The number of para-hydroxylation sites is 1. The largest absolute Gasteiger partial charge is 0.418 e. The predicted octanol–water partition coefficient (Wildman–Crippen LogP) is 0.948. The molecule has 2 aliphatic rings. The molecule has 0 radical (unpaired) electrons. The molecule has 10 heteroatoms. The maximum Gasteiger partial charge on any atom is 0.418 e. The summed E-state index contributed by atoms with van der Waals surface area (Å²) >= 11 is 0. The molecule has 2 saturated heterocycles. The second kappa shape index (κ2) is 7.35. The first kappa shape index (κ1) is 19.4. The molecule has 7 nitrogen and oxygen atoms in total. The first-order valence-corrected chi connectivity index (χ1v) is 8.57. The van der Waals surface area contributed by atoms with Crippen LogP contribution in [0.1, 0.15) is 18.4 Å². The van der Waals surface area contributed by atoms with Crippen LogP contribution in [-0.2, 0) is 11.0 Å². The number of rotatable bonds is 2. The second-order valence-electron chi connectivity index (χ2n) is 6.66. The van der Waals surface area contributed by atoms with Crippen molar-refractivity contribution in [2.45, 2.75) is 37.3 Å². The van der Waals surface area contributed by atoms with Crippen LogP contribution in [0.2, 0.25) is 0 Å². The Morgan fingerprint density at radius 1 is 1.11 bits per heavy atom. The normalized spacial score (nSPS) is 26.4. The predicted molar refractivity (Wildman–Crippen MR) is 88.9 cm³/mol. The van der Waals surface area contributed by atoms with Crippen molar-refractivity contribution in [1.29, 1.82) is 0 Å². The average molecular weight is 387 g/mol. The number of aliphatic hydroxyl groups is 2. The summed E-state index contributed by atoms with van der Waals surface area (Å²) in [6.07, 6.45) is -6.19. The number of hydrogen-bond acceptors (Lipinski definition) is 4. The third-order valence-corrected chi connectivity index (χ3v) is 4.84. The molecule has 2 fully saturated rings. The van der Waals surface area contributed by atoms with Crippen LogP contribution in [0.5, 0.6) is 0 Å². The van der Waals surface area contributed by atoms with Crippen LogP contribution in [0, 0.1) is 0 Å². The highest BCUT2D eigenvalue weighted by Gasteiger charge is 2.40. The lowest BCUT2D eigenvalue weighted by atomic mass is 10.1. The van der Waals surface area contributed by atoms with Gasteiger partial charge in [-0.3, -0.25) is 4.79 Å². The molecule has 1 unspecified atom stereocenters. The molecule has 3 amide bonds. The summed E-state index contributed by atoms with van der Waals surface area (Å²) in [4.78, 5) is 27.2. The number of amides is 3.